The number of ether oxygens (including phenoxy) is 3. The number of piperazine rings is 2. The summed E-state index contributed by atoms with van der Waals surface area (Å²) in [6.07, 6.45) is 2.64. The minimum absolute atomic E-state index is 0.118. The minimum atomic E-state index is -0.506. The van der Waals surface area contributed by atoms with Gasteiger partial charge in [0, 0.05) is 82.6 Å². The Bertz CT molecular complexity index is 1890. The van der Waals surface area contributed by atoms with E-state index < -0.39 is 11.2 Å². The van der Waals surface area contributed by atoms with E-state index in [1.165, 1.54) is 7.11 Å². The third-order valence-electron chi connectivity index (χ3n) is 7.70. The number of pyridine rings is 2. The van der Waals surface area contributed by atoms with Crippen molar-refractivity contribution in [3.8, 4) is 6.01 Å². The summed E-state index contributed by atoms with van der Waals surface area (Å²) in [5.74, 6) is 1.42. The number of carbonyl (C=O) groups is 2. The zero-order chi connectivity index (χ0) is 39.1. The maximum Gasteiger partial charge on any atom is 0.410 e. The molecule has 0 saturated carbocycles. The smallest absolute Gasteiger partial charge is 0.410 e. The lowest BCUT2D eigenvalue weighted by molar-refractivity contribution is 0.0230. The highest BCUT2D eigenvalue weighted by atomic mass is 35.5. The van der Waals surface area contributed by atoms with Gasteiger partial charge in [0.2, 0.25) is 5.28 Å². The number of methoxy groups -OCH3 is 1. The highest BCUT2D eigenvalue weighted by Crippen LogP contribution is 2.31. The summed E-state index contributed by atoms with van der Waals surface area (Å²) in [6.45, 7) is 15.8. The number of aliphatic hydroxyl groups excluding tert-OH is 1. The number of nitrogens with zero attached hydrogens (tertiary/aromatic N) is 10. The van der Waals surface area contributed by atoms with Gasteiger partial charge in [-0.1, -0.05) is 23.2 Å². The van der Waals surface area contributed by atoms with Crippen molar-refractivity contribution in [1.82, 2.24) is 39.7 Å². The Morgan fingerprint density at radius 3 is 1.43 bits per heavy atom. The van der Waals surface area contributed by atoms with Crippen molar-refractivity contribution in [2.75, 3.05) is 76.4 Å². The van der Waals surface area contributed by atoms with Crippen LogP contribution < -0.4 is 14.5 Å². The van der Waals surface area contributed by atoms with Crippen molar-refractivity contribution in [2.45, 2.75) is 52.7 Å². The molecule has 2 amide bonds. The fraction of sp³-hybridized carbons (Fsp3) is 0.529. The Morgan fingerprint density at radius 2 is 1.04 bits per heavy atom. The van der Waals surface area contributed by atoms with Gasteiger partial charge in [-0.2, -0.15) is 15.0 Å². The molecule has 0 unspecified atom stereocenters. The molecule has 6 heterocycles. The molecule has 6 rings (SSSR count). The van der Waals surface area contributed by atoms with Gasteiger partial charge < -0.3 is 38.9 Å². The van der Waals surface area contributed by atoms with Crippen molar-refractivity contribution >= 4 is 80.4 Å². The predicted molar refractivity (Wildman–Crippen MR) is 204 cm³/mol. The Morgan fingerprint density at radius 1 is 0.642 bits per heavy atom. The molecule has 0 aromatic carbocycles. The van der Waals surface area contributed by atoms with Crippen molar-refractivity contribution in [3.05, 3.63) is 40.1 Å². The first-order valence-electron chi connectivity index (χ1n) is 16.8. The second-order valence-electron chi connectivity index (χ2n) is 13.8. The first kappa shape index (κ1) is 41.5. The van der Waals surface area contributed by atoms with Crippen LogP contribution in [-0.4, -0.2) is 135 Å². The summed E-state index contributed by atoms with van der Waals surface area (Å²) >= 11 is 18.3. The van der Waals surface area contributed by atoms with Crippen LogP contribution in [-0.2, 0) is 9.47 Å². The van der Waals surface area contributed by atoms with E-state index in [4.69, 9.17) is 54.1 Å². The molecule has 0 radical (unpaired) electrons. The lowest BCUT2D eigenvalue weighted by Crippen LogP contribution is -2.50. The summed E-state index contributed by atoms with van der Waals surface area (Å²) in [4.78, 5) is 57.4. The Balaban J connectivity index is 0.000000226. The van der Waals surface area contributed by atoms with E-state index in [1.54, 1.807) is 22.2 Å². The van der Waals surface area contributed by atoms with Gasteiger partial charge in [-0.15, -0.1) is 0 Å². The molecule has 0 bridgehead atoms. The van der Waals surface area contributed by atoms with Crippen LogP contribution in [0.25, 0.3) is 21.8 Å². The normalized spacial score (nSPS) is 14.9. The number of hydrogen-bond donors (Lipinski definition) is 1. The SMILES string of the molecule is CC(C)(C)OC(=O)N1CCN(c2nc(Cl)nc3c(Cl)nccc23)CC1.CO.COc1nc(N2CCN(C(=O)OC(C)(C)C)CC2)c2ccnc(Cl)c2n1. The zero-order valence-electron chi connectivity index (χ0n) is 31.1. The van der Waals surface area contributed by atoms with Gasteiger partial charge in [-0.25, -0.2) is 24.5 Å². The van der Waals surface area contributed by atoms with Crippen LogP contribution >= 0.6 is 34.8 Å². The molecule has 4 aromatic heterocycles. The van der Waals surface area contributed by atoms with Crippen LogP contribution in [0.1, 0.15) is 41.5 Å². The summed E-state index contributed by atoms with van der Waals surface area (Å²) < 4.78 is 16.1. The van der Waals surface area contributed by atoms with Crippen LogP contribution in [0.3, 0.4) is 0 Å². The van der Waals surface area contributed by atoms with Crippen LogP contribution in [0.5, 0.6) is 6.01 Å². The van der Waals surface area contributed by atoms with Crippen LogP contribution in [0.15, 0.2) is 24.5 Å². The van der Waals surface area contributed by atoms with E-state index in [-0.39, 0.29) is 28.6 Å². The largest absolute Gasteiger partial charge is 0.467 e. The second-order valence-corrected chi connectivity index (χ2v) is 14.8. The molecule has 2 fully saturated rings. The van der Waals surface area contributed by atoms with Gasteiger partial charge in [0.05, 0.1) is 7.11 Å². The van der Waals surface area contributed by atoms with Gasteiger partial charge >= 0.3 is 18.2 Å². The number of aliphatic hydroxyl groups is 1. The molecule has 2 saturated heterocycles. The zero-order valence-corrected chi connectivity index (χ0v) is 33.3. The maximum atomic E-state index is 12.2. The van der Waals surface area contributed by atoms with Gasteiger partial charge in [0.1, 0.15) is 33.9 Å². The monoisotopic (exact) mass is 794 g/mol. The highest BCUT2D eigenvalue weighted by Gasteiger charge is 2.29. The fourth-order valence-corrected chi connectivity index (χ4v) is 5.96. The van der Waals surface area contributed by atoms with Gasteiger partial charge in [0.15, 0.2) is 10.3 Å². The number of halogens is 3. The molecule has 4 aromatic rings. The lowest BCUT2D eigenvalue weighted by atomic mass is 10.2. The van der Waals surface area contributed by atoms with E-state index in [9.17, 15) is 9.59 Å². The van der Waals surface area contributed by atoms with Crippen molar-refractivity contribution in [1.29, 1.82) is 0 Å². The van der Waals surface area contributed by atoms with E-state index in [2.05, 4.69) is 39.7 Å². The third-order valence-corrected chi connectivity index (χ3v) is 8.42. The first-order valence-corrected chi connectivity index (χ1v) is 17.9. The van der Waals surface area contributed by atoms with Gasteiger partial charge in [0.25, 0.3) is 0 Å². The summed E-state index contributed by atoms with van der Waals surface area (Å²) in [6, 6.07) is 3.88. The molecule has 2 aliphatic rings. The number of rotatable bonds is 3. The number of fused-ring (bicyclic) bond motifs is 2. The molecule has 0 aliphatic carbocycles. The summed E-state index contributed by atoms with van der Waals surface area (Å²) in [5.41, 5.74) is 0.0575. The number of carbonyl (C=O) groups excluding carboxylic acids is 2. The molecule has 2 aliphatic heterocycles. The van der Waals surface area contributed by atoms with Crippen LogP contribution in [0, 0.1) is 0 Å². The third kappa shape index (κ3) is 10.9. The first-order chi connectivity index (χ1) is 25.0. The maximum absolute atomic E-state index is 12.2. The quantitative estimate of drug-likeness (QED) is 0.197. The standard InChI is InChI=1S/C17H22ClN5O3.C16H19Cl2N5O2.CH4O/c1-17(2,3)26-16(24)23-9-7-22(8-10-23)14-11-5-6-19-13(18)12(11)20-15(21-14)25-4;1-16(2,3)25-15(24)23-8-6-22(7-9-23)13-10-4-5-19-12(17)11(10)20-14(18)21-13;1-2/h5-6H,7-10H2,1-4H3;4-5H,6-9H2,1-3H3;2H,1H3. The second kappa shape index (κ2) is 17.7. The topological polar surface area (TPSA) is 172 Å². The van der Waals surface area contributed by atoms with Crippen LogP contribution in [0.4, 0.5) is 21.2 Å². The number of amides is 2. The van der Waals surface area contributed by atoms with Gasteiger partial charge in [-0.3, -0.25) is 0 Å². The lowest BCUT2D eigenvalue weighted by Gasteiger charge is -2.36. The summed E-state index contributed by atoms with van der Waals surface area (Å²) in [7, 11) is 2.51. The Hall–Kier alpha value is -4.25. The molecule has 1 N–H and O–H groups in total. The molecular formula is C34H45Cl3N10O6. The van der Waals surface area contributed by atoms with E-state index in [0.717, 1.165) is 23.7 Å². The summed E-state index contributed by atoms with van der Waals surface area (Å²) in [5, 5.41) is 9.30. The Labute approximate surface area is 323 Å². The molecule has 53 heavy (non-hydrogen) atoms. The number of aromatic nitrogens is 6. The molecule has 0 atom stereocenters. The molecule has 0 spiro atoms. The molecule has 288 valence electrons. The molecular weight excluding hydrogens is 751 g/mol. The molecule has 16 nitrogen and oxygen atoms in total. The van der Waals surface area contributed by atoms with Gasteiger partial charge in [-0.05, 0) is 65.3 Å². The average molecular weight is 796 g/mol. The van der Waals surface area contributed by atoms with E-state index in [1.807, 2.05) is 53.7 Å². The predicted octanol–water partition coefficient (Wildman–Crippen LogP) is 5.74. The minimum Gasteiger partial charge on any atom is -0.467 e. The molecule has 19 heteroatoms. The van der Waals surface area contributed by atoms with Crippen molar-refractivity contribution in [2.24, 2.45) is 0 Å². The fourth-order valence-electron chi connectivity index (χ4n) is 5.39. The van der Waals surface area contributed by atoms with Crippen molar-refractivity contribution in [3.63, 3.8) is 0 Å². The number of anilines is 2. The van der Waals surface area contributed by atoms with Crippen LogP contribution in [0.2, 0.25) is 15.6 Å². The number of hydrogen-bond acceptors (Lipinski definition) is 14. The van der Waals surface area contributed by atoms with E-state index in [0.29, 0.717) is 74.4 Å². The van der Waals surface area contributed by atoms with Crippen molar-refractivity contribution < 1.29 is 28.9 Å². The van der Waals surface area contributed by atoms with E-state index >= 15 is 0 Å². The average Bonchev–Trinajstić information content (AvgIpc) is 3.11. The Kier molecular flexibility index (Phi) is 13.9. The highest BCUT2D eigenvalue weighted by molar-refractivity contribution is 6.35.